The van der Waals surface area contributed by atoms with Crippen LogP contribution in [0.15, 0.2) is 30.3 Å². The van der Waals surface area contributed by atoms with Crippen LogP contribution in [0.3, 0.4) is 0 Å². The maximum Gasteiger partial charge on any atom is 0.222 e. The van der Waals surface area contributed by atoms with Crippen molar-refractivity contribution in [2.45, 2.75) is 51.5 Å². The highest BCUT2D eigenvalue weighted by atomic mass is 16.2. The molecule has 0 aliphatic carbocycles. The lowest BCUT2D eigenvalue weighted by Crippen LogP contribution is -2.39. The zero-order valence-corrected chi connectivity index (χ0v) is 18.4. The molecule has 0 unspecified atom stereocenters. The fourth-order valence-corrected chi connectivity index (χ4v) is 4.55. The van der Waals surface area contributed by atoms with Crippen LogP contribution in [0.4, 0.5) is 5.82 Å². The van der Waals surface area contributed by atoms with Crippen molar-refractivity contribution >= 4 is 17.6 Å². The molecule has 0 saturated carbocycles. The predicted octanol–water partition coefficient (Wildman–Crippen LogP) is 2.76. The van der Waals surface area contributed by atoms with Gasteiger partial charge in [-0.2, -0.15) is 0 Å². The predicted molar refractivity (Wildman–Crippen MR) is 120 cm³/mol. The maximum atomic E-state index is 12.7. The molecular weight excluding hydrogens is 390 g/mol. The van der Waals surface area contributed by atoms with Crippen molar-refractivity contribution in [1.82, 2.24) is 19.8 Å². The highest BCUT2D eigenvalue weighted by molar-refractivity contribution is 5.76. The number of hydrogen-bond acceptors (Lipinski definition) is 5. The van der Waals surface area contributed by atoms with E-state index in [-0.39, 0.29) is 17.7 Å². The summed E-state index contributed by atoms with van der Waals surface area (Å²) in [7, 11) is 1.89. The Morgan fingerprint density at radius 3 is 2.48 bits per heavy atom. The second-order valence-corrected chi connectivity index (χ2v) is 8.44. The number of nitrogens with one attached hydrogen (secondary N) is 1. The van der Waals surface area contributed by atoms with Gasteiger partial charge in [0.1, 0.15) is 11.6 Å². The van der Waals surface area contributed by atoms with Crippen molar-refractivity contribution in [3.8, 4) is 0 Å². The summed E-state index contributed by atoms with van der Waals surface area (Å²) < 4.78 is 0. The van der Waals surface area contributed by atoms with Gasteiger partial charge in [0.05, 0.1) is 12.2 Å². The van der Waals surface area contributed by atoms with E-state index in [4.69, 9.17) is 9.97 Å². The third-order valence-electron chi connectivity index (χ3n) is 6.45. The zero-order chi connectivity index (χ0) is 21.8. The summed E-state index contributed by atoms with van der Waals surface area (Å²) in [5.74, 6) is 2.26. The Morgan fingerprint density at radius 2 is 1.81 bits per heavy atom. The van der Waals surface area contributed by atoms with Gasteiger partial charge < -0.3 is 15.1 Å². The normalized spacial score (nSPS) is 16.7. The molecule has 164 valence electrons. The molecule has 7 heteroatoms. The molecule has 1 aromatic carbocycles. The minimum atomic E-state index is 0.0825. The molecule has 31 heavy (non-hydrogen) atoms. The van der Waals surface area contributed by atoms with Crippen molar-refractivity contribution in [3.05, 3.63) is 53.0 Å². The SMILES string of the molecule is CNc1nc(C2CCN(C(=O)CCc3ccccc3)CC2)nc2c1CCN(C(C)=O)C2. The van der Waals surface area contributed by atoms with E-state index in [0.29, 0.717) is 19.5 Å². The molecule has 0 atom stereocenters. The molecular formula is C24H31N5O2. The van der Waals surface area contributed by atoms with Gasteiger partial charge in [-0.05, 0) is 31.2 Å². The summed E-state index contributed by atoms with van der Waals surface area (Å²) in [5.41, 5.74) is 3.28. The Kier molecular flexibility index (Phi) is 6.49. The van der Waals surface area contributed by atoms with Crippen LogP contribution in [0, 0.1) is 0 Å². The van der Waals surface area contributed by atoms with Gasteiger partial charge in [0.2, 0.25) is 11.8 Å². The number of carbonyl (C=O) groups is 2. The van der Waals surface area contributed by atoms with E-state index in [2.05, 4.69) is 17.4 Å². The Morgan fingerprint density at radius 1 is 1.06 bits per heavy atom. The third kappa shape index (κ3) is 4.86. The molecule has 4 rings (SSSR count). The minimum absolute atomic E-state index is 0.0825. The van der Waals surface area contributed by atoms with Crippen molar-refractivity contribution in [1.29, 1.82) is 0 Å². The van der Waals surface area contributed by atoms with Gasteiger partial charge in [-0.3, -0.25) is 9.59 Å². The Bertz CT molecular complexity index is 938. The van der Waals surface area contributed by atoms with Crippen LogP contribution in [0.25, 0.3) is 0 Å². The molecule has 1 saturated heterocycles. The molecule has 1 aromatic heterocycles. The number of aryl methyl sites for hydroxylation is 1. The number of rotatable bonds is 5. The monoisotopic (exact) mass is 421 g/mol. The Balaban J connectivity index is 1.39. The molecule has 0 radical (unpaired) electrons. The van der Waals surface area contributed by atoms with Crippen LogP contribution < -0.4 is 5.32 Å². The second-order valence-electron chi connectivity index (χ2n) is 8.44. The molecule has 7 nitrogen and oxygen atoms in total. The van der Waals surface area contributed by atoms with Gasteiger partial charge in [-0.1, -0.05) is 30.3 Å². The van der Waals surface area contributed by atoms with Crippen molar-refractivity contribution in [2.24, 2.45) is 0 Å². The highest BCUT2D eigenvalue weighted by Crippen LogP contribution is 2.30. The quantitative estimate of drug-likeness (QED) is 0.803. The molecule has 2 aromatic rings. The van der Waals surface area contributed by atoms with E-state index in [1.165, 1.54) is 5.56 Å². The summed E-state index contributed by atoms with van der Waals surface area (Å²) in [4.78, 5) is 38.0. The lowest BCUT2D eigenvalue weighted by atomic mass is 9.94. The van der Waals surface area contributed by atoms with Gasteiger partial charge in [0.25, 0.3) is 0 Å². The number of carbonyl (C=O) groups excluding carboxylic acids is 2. The average molecular weight is 422 g/mol. The largest absolute Gasteiger partial charge is 0.373 e. The first-order valence-electron chi connectivity index (χ1n) is 11.2. The first-order valence-corrected chi connectivity index (χ1v) is 11.2. The first kappa shape index (κ1) is 21.3. The number of hydrogen-bond donors (Lipinski definition) is 1. The molecule has 1 N–H and O–H groups in total. The number of benzene rings is 1. The summed E-state index contributed by atoms with van der Waals surface area (Å²) in [6.07, 6.45) is 3.85. The number of piperidine rings is 1. The number of fused-ring (bicyclic) bond motifs is 1. The van der Waals surface area contributed by atoms with Gasteiger partial charge in [-0.25, -0.2) is 9.97 Å². The summed E-state index contributed by atoms with van der Waals surface area (Å²) in [6.45, 7) is 4.35. The van der Waals surface area contributed by atoms with Crippen molar-refractivity contribution in [2.75, 3.05) is 32.0 Å². The first-order chi connectivity index (χ1) is 15.0. The topological polar surface area (TPSA) is 78.4 Å². The third-order valence-corrected chi connectivity index (χ3v) is 6.45. The second kappa shape index (κ2) is 9.45. The van der Waals surface area contributed by atoms with Crippen LogP contribution in [0.5, 0.6) is 0 Å². The Labute approximate surface area is 183 Å². The standard InChI is InChI=1S/C24H31N5O2/c1-17(30)29-15-12-20-21(16-29)26-23(27-24(20)25-2)19-10-13-28(14-11-19)22(31)9-8-18-6-4-3-5-7-18/h3-7,19H,8-16H2,1-2H3,(H,25,26,27). The smallest absolute Gasteiger partial charge is 0.222 e. The van der Waals surface area contributed by atoms with E-state index in [9.17, 15) is 9.59 Å². The van der Waals surface area contributed by atoms with Crippen molar-refractivity contribution < 1.29 is 9.59 Å². The summed E-state index contributed by atoms with van der Waals surface area (Å²) in [6, 6.07) is 10.2. The van der Waals surface area contributed by atoms with Crippen LogP contribution in [-0.2, 0) is 29.0 Å². The molecule has 0 spiro atoms. The minimum Gasteiger partial charge on any atom is -0.373 e. The number of likely N-dealkylation sites (tertiary alicyclic amines) is 1. The fraction of sp³-hybridized carbons (Fsp3) is 0.500. The summed E-state index contributed by atoms with van der Waals surface area (Å²) >= 11 is 0. The molecule has 0 bridgehead atoms. The van der Waals surface area contributed by atoms with Crippen LogP contribution in [0.1, 0.15) is 54.7 Å². The fourth-order valence-electron chi connectivity index (χ4n) is 4.55. The van der Waals surface area contributed by atoms with E-state index < -0.39 is 0 Å². The van der Waals surface area contributed by atoms with E-state index in [1.807, 2.05) is 35.0 Å². The number of aromatic nitrogens is 2. The lowest BCUT2D eigenvalue weighted by Gasteiger charge is -2.33. The number of nitrogens with zero attached hydrogens (tertiary/aromatic N) is 4. The highest BCUT2D eigenvalue weighted by Gasteiger charge is 2.29. The van der Waals surface area contributed by atoms with Gasteiger partial charge in [-0.15, -0.1) is 0 Å². The molecule has 1 fully saturated rings. The van der Waals surface area contributed by atoms with Crippen LogP contribution in [-0.4, -0.2) is 58.3 Å². The van der Waals surface area contributed by atoms with Crippen LogP contribution >= 0.6 is 0 Å². The number of amides is 2. The molecule has 2 aliphatic heterocycles. The van der Waals surface area contributed by atoms with E-state index in [1.54, 1.807) is 6.92 Å². The van der Waals surface area contributed by atoms with Crippen LogP contribution in [0.2, 0.25) is 0 Å². The molecule has 2 amide bonds. The number of anilines is 1. The Hall–Kier alpha value is -2.96. The zero-order valence-electron chi connectivity index (χ0n) is 18.4. The van der Waals surface area contributed by atoms with Gasteiger partial charge in [0, 0.05) is 51.5 Å². The molecule has 3 heterocycles. The van der Waals surface area contributed by atoms with E-state index >= 15 is 0 Å². The van der Waals surface area contributed by atoms with E-state index in [0.717, 1.165) is 61.7 Å². The van der Waals surface area contributed by atoms with Gasteiger partial charge >= 0.3 is 0 Å². The summed E-state index contributed by atoms with van der Waals surface area (Å²) in [5, 5.41) is 3.22. The lowest BCUT2D eigenvalue weighted by molar-refractivity contribution is -0.132. The maximum absolute atomic E-state index is 12.7. The molecule has 2 aliphatic rings. The van der Waals surface area contributed by atoms with Crippen molar-refractivity contribution in [3.63, 3.8) is 0 Å². The van der Waals surface area contributed by atoms with Gasteiger partial charge in [0.15, 0.2) is 0 Å². The average Bonchev–Trinajstić information content (AvgIpc) is 2.82.